The summed E-state index contributed by atoms with van der Waals surface area (Å²) in [6, 6.07) is 7.72. The van der Waals surface area contributed by atoms with Gasteiger partial charge in [0.2, 0.25) is 5.91 Å². The molecular weight excluding hydrogens is 234 g/mol. The lowest BCUT2D eigenvalue weighted by molar-refractivity contribution is -0.121. The van der Waals surface area contributed by atoms with Gasteiger partial charge in [-0.15, -0.1) is 11.8 Å². The number of hydrogen-bond donors (Lipinski definition) is 2. The molecule has 1 amide bonds. The van der Waals surface area contributed by atoms with E-state index in [2.05, 4.69) is 5.32 Å². The van der Waals surface area contributed by atoms with Crippen molar-refractivity contribution in [1.29, 1.82) is 0 Å². The van der Waals surface area contributed by atoms with Gasteiger partial charge >= 0.3 is 0 Å². The minimum atomic E-state index is -0.633. The molecule has 1 rings (SSSR count). The number of hydrogen-bond acceptors (Lipinski definition) is 3. The second-order valence-electron chi connectivity index (χ2n) is 3.84. The fraction of sp³-hybridized carbons (Fsp3) is 0.462. The molecule has 0 aliphatic heterocycles. The normalized spacial score (nSPS) is 12.2. The van der Waals surface area contributed by atoms with E-state index in [0.717, 1.165) is 16.9 Å². The summed E-state index contributed by atoms with van der Waals surface area (Å²) >= 11 is 1.66. The Kier molecular flexibility index (Phi) is 6.08. The SMILES string of the molecule is CCCC(=O)NCC(O)c1ccc(SC)cc1. The second kappa shape index (κ2) is 7.35. The summed E-state index contributed by atoms with van der Waals surface area (Å²) in [4.78, 5) is 12.4. The van der Waals surface area contributed by atoms with E-state index in [1.165, 1.54) is 0 Å². The van der Waals surface area contributed by atoms with Crippen molar-refractivity contribution in [1.82, 2.24) is 5.32 Å². The molecule has 0 fully saturated rings. The number of nitrogens with one attached hydrogen (secondary N) is 1. The molecule has 1 unspecified atom stereocenters. The monoisotopic (exact) mass is 253 g/mol. The van der Waals surface area contributed by atoms with Gasteiger partial charge in [0.1, 0.15) is 0 Å². The lowest BCUT2D eigenvalue weighted by atomic mass is 10.1. The highest BCUT2D eigenvalue weighted by Crippen LogP contribution is 2.18. The highest BCUT2D eigenvalue weighted by molar-refractivity contribution is 7.98. The molecule has 0 aromatic heterocycles. The van der Waals surface area contributed by atoms with E-state index >= 15 is 0 Å². The van der Waals surface area contributed by atoms with Gasteiger partial charge in [-0.2, -0.15) is 0 Å². The summed E-state index contributed by atoms with van der Waals surface area (Å²) in [6.45, 7) is 2.23. The molecule has 0 heterocycles. The average molecular weight is 253 g/mol. The molecule has 0 saturated heterocycles. The number of amides is 1. The van der Waals surface area contributed by atoms with Gasteiger partial charge in [-0.05, 0) is 30.4 Å². The number of carbonyl (C=O) groups is 1. The molecule has 0 aliphatic rings. The third-order valence-electron chi connectivity index (χ3n) is 2.47. The first-order valence-electron chi connectivity index (χ1n) is 5.76. The number of thioether (sulfide) groups is 1. The first-order valence-corrected chi connectivity index (χ1v) is 6.98. The molecule has 17 heavy (non-hydrogen) atoms. The molecule has 1 atom stereocenters. The third-order valence-corrected chi connectivity index (χ3v) is 3.21. The first kappa shape index (κ1) is 14.1. The standard InChI is InChI=1S/C13H19NO2S/c1-3-4-13(16)14-9-12(15)10-5-7-11(17-2)8-6-10/h5-8,12,15H,3-4,9H2,1-2H3,(H,14,16). The highest BCUT2D eigenvalue weighted by atomic mass is 32.2. The van der Waals surface area contributed by atoms with Crippen LogP contribution in [0.25, 0.3) is 0 Å². The lowest BCUT2D eigenvalue weighted by Crippen LogP contribution is -2.27. The maximum Gasteiger partial charge on any atom is 0.220 e. The molecule has 0 radical (unpaired) electrons. The van der Waals surface area contributed by atoms with Gasteiger partial charge in [0.25, 0.3) is 0 Å². The summed E-state index contributed by atoms with van der Waals surface area (Å²) in [5.74, 6) is -0.00714. The van der Waals surface area contributed by atoms with Crippen LogP contribution in [-0.2, 0) is 4.79 Å². The van der Waals surface area contributed by atoms with Crippen molar-refractivity contribution in [2.24, 2.45) is 0 Å². The van der Waals surface area contributed by atoms with E-state index in [1.54, 1.807) is 11.8 Å². The topological polar surface area (TPSA) is 49.3 Å². The van der Waals surface area contributed by atoms with Crippen LogP contribution in [0.3, 0.4) is 0 Å². The zero-order valence-electron chi connectivity index (χ0n) is 10.3. The van der Waals surface area contributed by atoms with E-state index in [4.69, 9.17) is 0 Å². The molecule has 0 spiro atoms. The molecule has 1 aromatic rings. The molecule has 0 saturated carbocycles. The molecule has 1 aromatic carbocycles. The first-order chi connectivity index (χ1) is 8.17. The fourth-order valence-electron chi connectivity index (χ4n) is 1.47. The van der Waals surface area contributed by atoms with Crippen molar-refractivity contribution in [2.45, 2.75) is 30.8 Å². The summed E-state index contributed by atoms with van der Waals surface area (Å²) < 4.78 is 0. The fourth-order valence-corrected chi connectivity index (χ4v) is 1.88. The van der Waals surface area contributed by atoms with Crippen molar-refractivity contribution in [3.05, 3.63) is 29.8 Å². The number of benzene rings is 1. The summed E-state index contributed by atoms with van der Waals surface area (Å²) in [5.41, 5.74) is 0.833. The van der Waals surface area contributed by atoms with Crippen LogP contribution in [0.4, 0.5) is 0 Å². The zero-order valence-corrected chi connectivity index (χ0v) is 11.1. The van der Waals surface area contributed by atoms with Crippen LogP contribution in [0.5, 0.6) is 0 Å². The predicted octanol–water partition coefficient (Wildman–Crippen LogP) is 2.36. The van der Waals surface area contributed by atoms with Gasteiger partial charge in [-0.1, -0.05) is 19.1 Å². The molecule has 0 bridgehead atoms. The molecule has 4 heteroatoms. The molecule has 0 aliphatic carbocycles. The van der Waals surface area contributed by atoms with Crippen LogP contribution in [0, 0.1) is 0 Å². The third kappa shape index (κ3) is 4.79. The van der Waals surface area contributed by atoms with E-state index in [0.29, 0.717) is 6.42 Å². The van der Waals surface area contributed by atoms with Crippen LogP contribution < -0.4 is 5.32 Å². The molecule has 3 nitrogen and oxygen atoms in total. The number of aliphatic hydroxyl groups is 1. The van der Waals surface area contributed by atoms with E-state index in [-0.39, 0.29) is 12.5 Å². The smallest absolute Gasteiger partial charge is 0.220 e. The Balaban J connectivity index is 2.46. The van der Waals surface area contributed by atoms with Gasteiger partial charge in [0, 0.05) is 17.9 Å². The van der Waals surface area contributed by atoms with Crippen molar-refractivity contribution >= 4 is 17.7 Å². The van der Waals surface area contributed by atoms with Crippen LogP contribution in [0.1, 0.15) is 31.4 Å². The van der Waals surface area contributed by atoms with Crippen LogP contribution >= 0.6 is 11.8 Å². The maximum absolute atomic E-state index is 11.3. The summed E-state index contributed by atoms with van der Waals surface area (Å²) in [5, 5.41) is 12.6. The maximum atomic E-state index is 11.3. The summed E-state index contributed by atoms with van der Waals surface area (Å²) in [6.07, 6.45) is 2.71. The Morgan fingerprint density at radius 1 is 1.41 bits per heavy atom. The van der Waals surface area contributed by atoms with Crippen molar-refractivity contribution in [3.63, 3.8) is 0 Å². The number of aliphatic hydroxyl groups excluding tert-OH is 1. The minimum Gasteiger partial charge on any atom is -0.387 e. The van der Waals surface area contributed by atoms with E-state index in [1.807, 2.05) is 37.4 Å². The predicted molar refractivity (Wildman–Crippen MR) is 71.1 cm³/mol. The van der Waals surface area contributed by atoms with Gasteiger partial charge < -0.3 is 10.4 Å². The van der Waals surface area contributed by atoms with Gasteiger partial charge in [0.15, 0.2) is 0 Å². The van der Waals surface area contributed by atoms with Crippen molar-refractivity contribution in [3.8, 4) is 0 Å². The molecule has 94 valence electrons. The van der Waals surface area contributed by atoms with Crippen molar-refractivity contribution < 1.29 is 9.90 Å². The second-order valence-corrected chi connectivity index (χ2v) is 4.72. The highest BCUT2D eigenvalue weighted by Gasteiger charge is 2.08. The lowest BCUT2D eigenvalue weighted by Gasteiger charge is -2.12. The Bertz CT molecular complexity index is 351. The van der Waals surface area contributed by atoms with E-state index in [9.17, 15) is 9.90 Å². The molecular formula is C13H19NO2S. The average Bonchev–Trinajstić information content (AvgIpc) is 2.36. The molecule has 2 N–H and O–H groups in total. The summed E-state index contributed by atoms with van der Waals surface area (Å²) in [7, 11) is 0. The zero-order chi connectivity index (χ0) is 12.7. The minimum absolute atomic E-state index is 0.00714. The number of rotatable bonds is 6. The Labute approximate surface area is 107 Å². The Hall–Kier alpha value is -1.00. The van der Waals surface area contributed by atoms with Crippen LogP contribution in [-0.4, -0.2) is 23.8 Å². The largest absolute Gasteiger partial charge is 0.387 e. The quantitative estimate of drug-likeness (QED) is 0.765. The van der Waals surface area contributed by atoms with Crippen LogP contribution in [0.2, 0.25) is 0 Å². The van der Waals surface area contributed by atoms with Gasteiger partial charge in [-0.25, -0.2) is 0 Å². The van der Waals surface area contributed by atoms with Gasteiger partial charge in [0.05, 0.1) is 6.10 Å². The Morgan fingerprint density at radius 2 is 2.06 bits per heavy atom. The van der Waals surface area contributed by atoms with E-state index < -0.39 is 6.10 Å². The van der Waals surface area contributed by atoms with Gasteiger partial charge in [-0.3, -0.25) is 4.79 Å². The van der Waals surface area contributed by atoms with Crippen LogP contribution in [0.15, 0.2) is 29.2 Å². The number of carbonyl (C=O) groups excluding carboxylic acids is 1. The van der Waals surface area contributed by atoms with Crippen molar-refractivity contribution in [2.75, 3.05) is 12.8 Å². The Morgan fingerprint density at radius 3 is 2.59 bits per heavy atom.